The highest BCUT2D eigenvalue weighted by Crippen LogP contribution is 2.32. The molecule has 30 heavy (non-hydrogen) atoms. The van der Waals surface area contributed by atoms with E-state index >= 15 is 0 Å². The second kappa shape index (κ2) is 15.2. The average Bonchev–Trinajstić information content (AvgIpc) is 2.80. The van der Waals surface area contributed by atoms with E-state index < -0.39 is 0 Å². The summed E-state index contributed by atoms with van der Waals surface area (Å²) >= 11 is 0. The smallest absolute Gasteiger partial charge is 0.137 e. The third kappa shape index (κ3) is 9.04. The minimum atomic E-state index is 0.903. The van der Waals surface area contributed by atoms with Gasteiger partial charge in [0.15, 0.2) is 0 Å². The highest BCUT2D eigenvalue weighted by Gasteiger charge is 2.27. The van der Waals surface area contributed by atoms with Crippen LogP contribution in [0.1, 0.15) is 96.8 Å². The summed E-state index contributed by atoms with van der Waals surface area (Å²) in [4.78, 5) is 0. The van der Waals surface area contributed by atoms with Gasteiger partial charge >= 0.3 is 0 Å². The van der Waals surface area contributed by atoms with Crippen LogP contribution in [0.3, 0.4) is 0 Å². The summed E-state index contributed by atoms with van der Waals surface area (Å²) in [7, 11) is 2.37. The number of benzene rings is 2. The van der Waals surface area contributed by atoms with E-state index in [0.717, 1.165) is 4.48 Å². The molecule has 0 saturated carbocycles. The first-order valence-corrected chi connectivity index (χ1v) is 12.7. The zero-order chi connectivity index (χ0) is 21.3. The molecule has 0 heterocycles. The van der Waals surface area contributed by atoms with Crippen molar-refractivity contribution in [2.24, 2.45) is 0 Å². The summed E-state index contributed by atoms with van der Waals surface area (Å²) in [5, 5.41) is 0. The first-order chi connectivity index (χ1) is 14.8. The van der Waals surface area contributed by atoms with Gasteiger partial charge in [-0.3, -0.25) is 4.48 Å². The number of quaternary nitrogens is 1. The van der Waals surface area contributed by atoms with Crippen LogP contribution >= 0.6 is 0 Å². The Hall–Kier alpha value is -1.60. The zero-order valence-electron chi connectivity index (χ0n) is 19.8. The van der Waals surface area contributed by atoms with E-state index in [0.29, 0.717) is 0 Å². The van der Waals surface area contributed by atoms with Gasteiger partial charge in [0, 0.05) is 0 Å². The Morgan fingerprint density at radius 1 is 0.467 bits per heavy atom. The van der Waals surface area contributed by atoms with Gasteiger partial charge in [-0.05, 0) is 37.1 Å². The number of unbranched alkanes of at least 4 members (excludes halogenated alkanes) is 13. The predicted molar refractivity (Wildman–Crippen MR) is 135 cm³/mol. The quantitative estimate of drug-likeness (QED) is 0.180. The Kier molecular flexibility index (Phi) is 12.5. The Morgan fingerprint density at radius 3 is 1.17 bits per heavy atom. The number of nitrogens with zero attached hydrogens (tertiary/aromatic N) is 1. The Bertz CT molecular complexity index is 594. The topological polar surface area (TPSA) is 0 Å². The van der Waals surface area contributed by atoms with Crippen LogP contribution in [0.25, 0.3) is 0 Å². The fraction of sp³-hybridized carbons (Fsp3) is 0.586. The van der Waals surface area contributed by atoms with Crippen molar-refractivity contribution >= 4 is 11.4 Å². The second-order valence-electron chi connectivity index (χ2n) is 9.18. The molecule has 1 heteroatoms. The van der Waals surface area contributed by atoms with E-state index in [1.54, 1.807) is 0 Å². The lowest BCUT2D eigenvalue weighted by molar-refractivity contribution is 0.429. The molecule has 0 N–H and O–H groups in total. The van der Waals surface area contributed by atoms with Gasteiger partial charge in [0.1, 0.15) is 11.4 Å². The summed E-state index contributed by atoms with van der Waals surface area (Å²) in [6, 6.07) is 22.0. The van der Waals surface area contributed by atoms with Crippen molar-refractivity contribution in [2.75, 3.05) is 13.6 Å². The lowest BCUT2D eigenvalue weighted by Crippen LogP contribution is -2.40. The predicted octanol–water partition coefficient (Wildman–Crippen LogP) is 9.44. The van der Waals surface area contributed by atoms with E-state index in [1.807, 2.05) is 0 Å². The molecule has 0 bridgehead atoms. The summed E-state index contributed by atoms with van der Waals surface area (Å²) in [5.74, 6) is 0. The van der Waals surface area contributed by atoms with Crippen LogP contribution in [0.4, 0.5) is 11.4 Å². The Labute approximate surface area is 187 Å². The van der Waals surface area contributed by atoms with Gasteiger partial charge in [-0.25, -0.2) is 0 Å². The van der Waals surface area contributed by atoms with Crippen LogP contribution in [0.15, 0.2) is 60.7 Å². The van der Waals surface area contributed by atoms with E-state index in [9.17, 15) is 0 Å². The standard InChI is InChI=1S/C29H46N/c1-3-4-5-6-7-8-9-10-11-12-13-14-15-22-27-30(2,28-23-18-16-19-24-28)29-25-20-17-21-26-29/h16-21,23-26H,3-15,22,27H2,1-2H3/q+1. The van der Waals surface area contributed by atoms with Crippen molar-refractivity contribution in [3.05, 3.63) is 60.7 Å². The summed E-state index contributed by atoms with van der Waals surface area (Å²) < 4.78 is 0.903. The van der Waals surface area contributed by atoms with E-state index in [1.165, 1.54) is 108 Å². The zero-order valence-corrected chi connectivity index (χ0v) is 19.8. The molecule has 0 aliphatic rings. The van der Waals surface area contributed by atoms with Crippen LogP contribution < -0.4 is 4.48 Å². The maximum Gasteiger partial charge on any atom is 0.137 e. The molecule has 0 aromatic heterocycles. The third-order valence-corrected chi connectivity index (χ3v) is 6.61. The molecule has 1 nitrogen and oxygen atoms in total. The molecule has 0 aliphatic heterocycles. The minimum Gasteiger partial charge on any atom is -0.261 e. The Balaban J connectivity index is 1.59. The molecule has 0 radical (unpaired) electrons. The molecule has 0 fully saturated rings. The van der Waals surface area contributed by atoms with Crippen LogP contribution in [0, 0.1) is 0 Å². The van der Waals surface area contributed by atoms with Gasteiger partial charge in [-0.2, -0.15) is 0 Å². The maximum atomic E-state index is 2.37. The number of hydrogen-bond acceptors (Lipinski definition) is 0. The number of para-hydroxylation sites is 2. The lowest BCUT2D eigenvalue weighted by Gasteiger charge is -2.33. The fourth-order valence-corrected chi connectivity index (χ4v) is 4.54. The molecule has 0 saturated heterocycles. The molecular weight excluding hydrogens is 362 g/mol. The number of rotatable bonds is 17. The summed E-state index contributed by atoms with van der Waals surface area (Å²) in [5.41, 5.74) is 2.77. The maximum absolute atomic E-state index is 2.37. The van der Waals surface area contributed by atoms with E-state index in [-0.39, 0.29) is 0 Å². The molecule has 0 spiro atoms. The van der Waals surface area contributed by atoms with Crippen molar-refractivity contribution in [3.8, 4) is 0 Å². The van der Waals surface area contributed by atoms with Crippen LogP contribution in [0.5, 0.6) is 0 Å². The largest absolute Gasteiger partial charge is 0.261 e. The molecule has 2 rings (SSSR count). The van der Waals surface area contributed by atoms with Gasteiger partial charge in [0.25, 0.3) is 0 Å². The summed E-state index contributed by atoms with van der Waals surface area (Å²) in [6.07, 6.45) is 19.8. The molecule has 0 unspecified atom stereocenters. The van der Waals surface area contributed by atoms with Gasteiger partial charge in [-0.1, -0.05) is 120 Å². The molecule has 0 atom stereocenters. The van der Waals surface area contributed by atoms with Crippen molar-refractivity contribution < 1.29 is 0 Å². The van der Waals surface area contributed by atoms with Gasteiger partial charge in [0.2, 0.25) is 0 Å². The van der Waals surface area contributed by atoms with Crippen molar-refractivity contribution in [1.82, 2.24) is 4.48 Å². The first kappa shape index (κ1) is 24.7. The minimum absolute atomic E-state index is 0.903. The van der Waals surface area contributed by atoms with E-state index in [2.05, 4.69) is 74.6 Å². The lowest BCUT2D eigenvalue weighted by atomic mass is 10.0. The van der Waals surface area contributed by atoms with Gasteiger partial charge in [0.05, 0.1) is 13.6 Å². The van der Waals surface area contributed by atoms with Gasteiger partial charge in [-0.15, -0.1) is 0 Å². The summed E-state index contributed by atoms with van der Waals surface area (Å²) in [6.45, 7) is 3.47. The van der Waals surface area contributed by atoms with Gasteiger partial charge < -0.3 is 0 Å². The molecule has 0 amide bonds. The third-order valence-electron chi connectivity index (χ3n) is 6.61. The molecule has 0 aliphatic carbocycles. The highest BCUT2D eigenvalue weighted by molar-refractivity contribution is 5.57. The van der Waals surface area contributed by atoms with Crippen molar-refractivity contribution in [2.45, 2.75) is 96.8 Å². The van der Waals surface area contributed by atoms with Crippen LogP contribution in [-0.2, 0) is 0 Å². The average molecular weight is 409 g/mol. The first-order valence-electron chi connectivity index (χ1n) is 12.7. The molecule has 2 aromatic carbocycles. The molecule has 166 valence electrons. The van der Waals surface area contributed by atoms with Crippen LogP contribution in [0.2, 0.25) is 0 Å². The second-order valence-corrected chi connectivity index (χ2v) is 9.18. The fourth-order valence-electron chi connectivity index (χ4n) is 4.54. The highest BCUT2D eigenvalue weighted by atomic mass is 15.3. The SMILES string of the molecule is CCCCCCCCCCCCCCCC[N+](C)(c1ccccc1)c1ccccc1. The molecule has 2 aromatic rings. The monoisotopic (exact) mass is 408 g/mol. The van der Waals surface area contributed by atoms with E-state index in [4.69, 9.17) is 0 Å². The van der Waals surface area contributed by atoms with Crippen molar-refractivity contribution in [3.63, 3.8) is 0 Å². The Morgan fingerprint density at radius 2 is 0.800 bits per heavy atom. The molecular formula is C29H46N+. The van der Waals surface area contributed by atoms with Crippen molar-refractivity contribution in [1.29, 1.82) is 0 Å². The normalized spacial score (nSPS) is 11.7. The number of hydrogen-bond donors (Lipinski definition) is 0. The van der Waals surface area contributed by atoms with Crippen LogP contribution in [-0.4, -0.2) is 13.6 Å².